The molecule has 1 saturated carbocycles. The van der Waals surface area contributed by atoms with Crippen LogP contribution >= 0.6 is 25.3 Å². The highest BCUT2D eigenvalue weighted by Gasteiger charge is 2.35. The molecule has 0 aromatic rings. The van der Waals surface area contributed by atoms with Gasteiger partial charge in [0.25, 0.3) is 0 Å². The van der Waals surface area contributed by atoms with Gasteiger partial charge in [-0.1, -0.05) is 0 Å². The van der Waals surface area contributed by atoms with Crippen molar-refractivity contribution in [2.24, 2.45) is 0 Å². The van der Waals surface area contributed by atoms with Gasteiger partial charge in [-0.05, 0) is 17.5 Å². The van der Waals surface area contributed by atoms with Crippen molar-refractivity contribution in [3.05, 3.63) is 0 Å². The molecule has 7 heavy (non-hydrogen) atoms. The fourth-order valence-electron chi connectivity index (χ4n) is 0.569. The van der Waals surface area contributed by atoms with E-state index in [1.54, 1.807) is 0 Å². The Morgan fingerprint density at radius 1 is 1.71 bits per heavy atom. The highest BCUT2D eigenvalue weighted by atomic mass is 32.1. The van der Waals surface area contributed by atoms with E-state index in [1.165, 1.54) is 0 Å². The Kier molecular flexibility index (Phi) is 1.37. The van der Waals surface area contributed by atoms with E-state index in [-0.39, 0.29) is 4.65 Å². The second-order valence-electron chi connectivity index (χ2n) is 2.05. The summed E-state index contributed by atoms with van der Waals surface area (Å²) >= 11 is 8.30. The maximum absolute atomic E-state index is 5.55. The third-order valence-electron chi connectivity index (χ3n) is 1.40. The van der Waals surface area contributed by atoms with E-state index >= 15 is 0 Å². The van der Waals surface area contributed by atoms with Crippen LogP contribution in [0.1, 0.15) is 12.8 Å². The average molecular weight is 130 g/mol. The van der Waals surface area contributed by atoms with Crippen molar-refractivity contribution in [2.45, 2.75) is 22.7 Å². The lowest BCUT2D eigenvalue weighted by molar-refractivity contribution is 0.498. The van der Waals surface area contributed by atoms with Crippen LogP contribution in [0.4, 0.5) is 0 Å². The molecular formula is C4H7BS2. The summed E-state index contributed by atoms with van der Waals surface area (Å²) in [4.78, 5) is 0. The maximum Gasteiger partial charge on any atom is 0.0904 e. The molecule has 0 bridgehead atoms. The zero-order chi connectivity index (χ0) is 5.49. The fraction of sp³-hybridized carbons (Fsp3) is 1.00. The van der Waals surface area contributed by atoms with Gasteiger partial charge in [0.05, 0.1) is 7.85 Å². The van der Waals surface area contributed by atoms with Gasteiger partial charge in [-0.15, -0.1) is 0 Å². The quantitative estimate of drug-likeness (QED) is 0.353. The van der Waals surface area contributed by atoms with Gasteiger partial charge >= 0.3 is 0 Å². The summed E-state index contributed by atoms with van der Waals surface area (Å²) in [5, 5.41) is 0.316. The second kappa shape index (κ2) is 1.62. The van der Waals surface area contributed by atoms with E-state index in [2.05, 4.69) is 25.3 Å². The third kappa shape index (κ3) is 0.943. The van der Waals surface area contributed by atoms with Crippen LogP contribution in [0.3, 0.4) is 0 Å². The molecule has 1 aliphatic carbocycles. The van der Waals surface area contributed by atoms with Gasteiger partial charge in [0.2, 0.25) is 0 Å². The van der Waals surface area contributed by atoms with Crippen LogP contribution in [-0.4, -0.2) is 17.7 Å². The Labute approximate surface area is 56.3 Å². The van der Waals surface area contributed by atoms with Gasteiger partial charge in [-0.2, -0.15) is 25.3 Å². The highest BCUT2D eigenvalue weighted by molar-refractivity contribution is 7.87. The van der Waals surface area contributed by atoms with Crippen molar-refractivity contribution in [3.63, 3.8) is 0 Å². The van der Waals surface area contributed by atoms with Crippen LogP contribution < -0.4 is 0 Å². The largest absolute Gasteiger partial charge is 0.181 e. The lowest BCUT2D eigenvalue weighted by atomic mass is 9.69. The van der Waals surface area contributed by atoms with Crippen molar-refractivity contribution in [3.8, 4) is 0 Å². The summed E-state index contributed by atoms with van der Waals surface area (Å²) in [6, 6.07) is 0. The monoisotopic (exact) mass is 130 g/mol. The first-order chi connectivity index (χ1) is 3.13. The molecule has 0 saturated heterocycles. The van der Waals surface area contributed by atoms with E-state index in [4.69, 9.17) is 7.85 Å². The molecular weight excluding hydrogens is 123 g/mol. The lowest BCUT2D eigenvalue weighted by Gasteiger charge is -2.40. The standard InChI is InChI=1S/C4H7BS2/c5-4(7)2-1-3(4)6/h3,6-7H,1-2H2/t3-,4?/m1/s1. The Morgan fingerprint density at radius 2 is 2.14 bits per heavy atom. The molecule has 1 fully saturated rings. The molecule has 0 aromatic heterocycles. The van der Waals surface area contributed by atoms with Crippen molar-refractivity contribution in [2.75, 3.05) is 0 Å². The SMILES string of the molecule is [B]C1(S)CC[C@H]1S. The number of thiol groups is 2. The second-order valence-corrected chi connectivity index (χ2v) is 3.50. The smallest absolute Gasteiger partial charge is 0.0904 e. The van der Waals surface area contributed by atoms with Gasteiger partial charge in [0, 0.05) is 5.25 Å². The van der Waals surface area contributed by atoms with Crippen molar-refractivity contribution in [1.82, 2.24) is 0 Å². The first kappa shape index (κ1) is 5.89. The third-order valence-corrected chi connectivity index (χ3v) is 2.85. The molecule has 0 aliphatic heterocycles. The molecule has 0 spiro atoms. The molecule has 1 aliphatic rings. The minimum atomic E-state index is -0.261. The van der Waals surface area contributed by atoms with E-state index in [0.717, 1.165) is 12.8 Å². The molecule has 0 aromatic carbocycles. The maximum atomic E-state index is 5.55. The summed E-state index contributed by atoms with van der Waals surface area (Å²) in [6.07, 6.45) is 2.12. The molecule has 1 rings (SSSR count). The van der Waals surface area contributed by atoms with Crippen molar-refractivity contribution in [1.29, 1.82) is 0 Å². The summed E-state index contributed by atoms with van der Waals surface area (Å²) in [6.45, 7) is 0. The van der Waals surface area contributed by atoms with Crippen molar-refractivity contribution >= 4 is 33.1 Å². The van der Waals surface area contributed by atoms with Crippen LogP contribution in [0.25, 0.3) is 0 Å². The van der Waals surface area contributed by atoms with Crippen LogP contribution in [0.5, 0.6) is 0 Å². The van der Waals surface area contributed by atoms with Crippen LogP contribution in [0, 0.1) is 0 Å². The van der Waals surface area contributed by atoms with Crippen LogP contribution in [-0.2, 0) is 0 Å². The zero-order valence-corrected chi connectivity index (χ0v) is 5.75. The number of hydrogen-bond donors (Lipinski definition) is 2. The topological polar surface area (TPSA) is 0 Å². The van der Waals surface area contributed by atoms with Gasteiger partial charge < -0.3 is 0 Å². The molecule has 3 heteroatoms. The molecule has 0 amide bonds. The van der Waals surface area contributed by atoms with Gasteiger partial charge in [0.1, 0.15) is 0 Å². The van der Waals surface area contributed by atoms with Gasteiger partial charge in [-0.3, -0.25) is 0 Å². The van der Waals surface area contributed by atoms with Crippen LogP contribution in [0.2, 0.25) is 0 Å². The van der Waals surface area contributed by atoms with E-state index in [0.29, 0.717) is 5.25 Å². The molecule has 38 valence electrons. The van der Waals surface area contributed by atoms with E-state index in [9.17, 15) is 0 Å². The first-order valence-corrected chi connectivity index (χ1v) is 3.28. The van der Waals surface area contributed by atoms with Crippen LogP contribution in [0.15, 0.2) is 0 Å². The van der Waals surface area contributed by atoms with E-state index < -0.39 is 0 Å². The van der Waals surface area contributed by atoms with Gasteiger partial charge in [0.15, 0.2) is 0 Å². The average Bonchev–Trinajstić information content (AvgIpc) is 1.63. The molecule has 0 nitrogen and oxygen atoms in total. The zero-order valence-electron chi connectivity index (χ0n) is 3.96. The number of hydrogen-bond acceptors (Lipinski definition) is 2. The van der Waals surface area contributed by atoms with Crippen molar-refractivity contribution < 1.29 is 0 Å². The Bertz CT molecular complexity index is 81.8. The molecule has 2 radical (unpaired) electrons. The fourth-order valence-corrected chi connectivity index (χ4v) is 1.09. The lowest BCUT2D eigenvalue weighted by Crippen LogP contribution is -2.43. The van der Waals surface area contributed by atoms with Gasteiger partial charge in [-0.25, -0.2) is 0 Å². The summed E-state index contributed by atoms with van der Waals surface area (Å²) in [5.74, 6) is 0. The minimum Gasteiger partial charge on any atom is -0.181 e. The summed E-state index contributed by atoms with van der Waals surface area (Å²) < 4.78 is -0.261. The summed E-state index contributed by atoms with van der Waals surface area (Å²) in [7, 11) is 5.55. The Morgan fingerprint density at radius 3 is 2.14 bits per heavy atom. The molecule has 1 unspecified atom stereocenters. The molecule has 0 N–H and O–H groups in total. The number of rotatable bonds is 0. The highest BCUT2D eigenvalue weighted by Crippen LogP contribution is 2.38. The first-order valence-electron chi connectivity index (χ1n) is 2.32. The Hall–Kier alpha value is 0.765. The normalized spacial score (nSPS) is 50.9. The molecule has 2 atom stereocenters. The Balaban J connectivity index is 2.43. The summed E-state index contributed by atoms with van der Waals surface area (Å²) in [5.41, 5.74) is 0. The van der Waals surface area contributed by atoms with E-state index in [1.807, 2.05) is 0 Å². The predicted molar refractivity (Wildman–Crippen MR) is 39.5 cm³/mol. The molecule has 0 heterocycles. The minimum absolute atomic E-state index is 0.261. The predicted octanol–water partition coefficient (Wildman–Crippen LogP) is 0.873.